The number of sulfonamides is 1. The van der Waals surface area contributed by atoms with Gasteiger partial charge in [-0.3, -0.25) is 9.78 Å². The van der Waals surface area contributed by atoms with Crippen LogP contribution in [0.5, 0.6) is 0 Å². The first-order chi connectivity index (χ1) is 13.9. The molecule has 0 spiro atoms. The fraction of sp³-hybridized carbons (Fsp3) is 0.211. The van der Waals surface area contributed by atoms with Crippen LogP contribution < -0.4 is 0 Å². The molecule has 0 unspecified atom stereocenters. The molecule has 1 fully saturated rings. The van der Waals surface area contributed by atoms with Gasteiger partial charge < -0.3 is 4.90 Å². The summed E-state index contributed by atoms with van der Waals surface area (Å²) in [5, 5.41) is 0. The third kappa shape index (κ3) is 3.68. The van der Waals surface area contributed by atoms with Crippen LogP contribution in [0.1, 0.15) is 10.5 Å². The van der Waals surface area contributed by atoms with Crippen LogP contribution in [0.15, 0.2) is 53.6 Å². The molecule has 3 aromatic rings. The summed E-state index contributed by atoms with van der Waals surface area (Å²) in [5.41, 5.74) is 1.41. The number of carbonyl (C=O) groups is 1. The Labute approximate surface area is 165 Å². The summed E-state index contributed by atoms with van der Waals surface area (Å²) in [4.78, 5) is 22.0. The van der Waals surface area contributed by atoms with E-state index in [1.807, 2.05) is 6.07 Å². The maximum Gasteiger partial charge on any atom is 0.274 e. The van der Waals surface area contributed by atoms with E-state index in [1.54, 1.807) is 18.2 Å². The molecule has 1 amide bonds. The van der Waals surface area contributed by atoms with Crippen molar-refractivity contribution in [2.75, 3.05) is 26.2 Å². The normalized spacial score (nSPS) is 15.6. The zero-order valence-electron chi connectivity index (χ0n) is 15.1. The van der Waals surface area contributed by atoms with E-state index in [-0.39, 0.29) is 37.8 Å². The fourth-order valence-corrected chi connectivity index (χ4v) is 4.67. The lowest BCUT2D eigenvalue weighted by Crippen LogP contribution is -2.50. The zero-order chi connectivity index (χ0) is 20.6. The van der Waals surface area contributed by atoms with Crippen molar-refractivity contribution >= 4 is 27.0 Å². The minimum Gasteiger partial charge on any atom is -0.335 e. The fourth-order valence-electron chi connectivity index (χ4n) is 3.17. The molecule has 10 heteroatoms. The smallest absolute Gasteiger partial charge is 0.274 e. The molecule has 150 valence electrons. The molecule has 2 heterocycles. The Morgan fingerprint density at radius 1 is 0.966 bits per heavy atom. The number of halogens is 2. The molecule has 2 aromatic carbocycles. The largest absolute Gasteiger partial charge is 0.335 e. The number of rotatable bonds is 3. The molecule has 0 radical (unpaired) electrons. The molecule has 1 aliphatic heterocycles. The molecule has 1 aliphatic rings. The van der Waals surface area contributed by atoms with Crippen molar-refractivity contribution in [1.29, 1.82) is 0 Å². The second-order valence-electron chi connectivity index (χ2n) is 6.51. The van der Waals surface area contributed by atoms with Gasteiger partial charge in [0.25, 0.3) is 5.91 Å². The van der Waals surface area contributed by atoms with Gasteiger partial charge in [0.05, 0.1) is 17.2 Å². The van der Waals surface area contributed by atoms with E-state index in [9.17, 15) is 22.0 Å². The van der Waals surface area contributed by atoms with Gasteiger partial charge in [-0.15, -0.1) is 0 Å². The highest BCUT2D eigenvalue weighted by Crippen LogP contribution is 2.22. The van der Waals surface area contributed by atoms with Crippen LogP contribution >= 0.6 is 0 Å². The lowest BCUT2D eigenvalue weighted by molar-refractivity contribution is 0.0692. The molecule has 1 saturated heterocycles. The number of carbonyl (C=O) groups excluding carboxylic acids is 1. The quantitative estimate of drug-likeness (QED) is 0.650. The van der Waals surface area contributed by atoms with Crippen LogP contribution in [0, 0.1) is 11.6 Å². The molecule has 0 bridgehead atoms. The van der Waals surface area contributed by atoms with Crippen LogP contribution in [-0.4, -0.2) is 59.7 Å². The second kappa shape index (κ2) is 7.45. The van der Waals surface area contributed by atoms with Crippen molar-refractivity contribution in [2.45, 2.75) is 4.90 Å². The average molecular weight is 418 g/mol. The Balaban J connectivity index is 1.49. The SMILES string of the molecule is O=C(c1cnc2ccccc2n1)N1CCN(S(=O)(=O)c2cc(F)ccc2F)CC1. The summed E-state index contributed by atoms with van der Waals surface area (Å²) < 4.78 is 53.7. The molecule has 4 rings (SSSR count). The van der Waals surface area contributed by atoms with Gasteiger partial charge in [0.15, 0.2) is 0 Å². The number of para-hydroxylation sites is 2. The number of hydrogen-bond acceptors (Lipinski definition) is 5. The van der Waals surface area contributed by atoms with E-state index in [4.69, 9.17) is 0 Å². The summed E-state index contributed by atoms with van der Waals surface area (Å²) in [7, 11) is -4.21. The van der Waals surface area contributed by atoms with Crippen molar-refractivity contribution in [1.82, 2.24) is 19.2 Å². The van der Waals surface area contributed by atoms with Gasteiger partial charge in [-0.05, 0) is 30.3 Å². The van der Waals surface area contributed by atoms with Gasteiger partial charge in [0, 0.05) is 26.2 Å². The van der Waals surface area contributed by atoms with E-state index in [0.29, 0.717) is 17.1 Å². The molecular weight excluding hydrogens is 402 g/mol. The van der Waals surface area contributed by atoms with Crippen LogP contribution in [0.4, 0.5) is 8.78 Å². The van der Waals surface area contributed by atoms with Crippen molar-refractivity contribution < 1.29 is 22.0 Å². The minimum absolute atomic E-state index is 0.0367. The van der Waals surface area contributed by atoms with Gasteiger partial charge >= 0.3 is 0 Å². The Morgan fingerprint density at radius 3 is 2.38 bits per heavy atom. The monoisotopic (exact) mass is 418 g/mol. The Hall–Kier alpha value is -2.98. The van der Waals surface area contributed by atoms with Crippen molar-refractivity contribution in [2.24, 2.45) is 0 Å². The molecule has 29 heavy (non-hydrogen) atoms. The number of hydrogen-bond donors (Lipinski definition) is 0. The van der Waals surface area contributed by atoms with E-state index < -0.39 is 26.6 Å². The summed E-state index contributed by atoms with van der Waals surface area (Å²) in [6.45, 7) is 0.128. The molecule has 0 aliphatic carbocycles. The zero-order valence-corrected chi connectivity index (χ0v) is 15.9. The van der Waals surface area contributed by atoms with Crippen molar-refractivity contribution in [3.63, 3.8) is 0 Å². The predicted octanol–water partition coefficient (Wildman–Crippen LogP) is 2.05. The summed E-state index contributed by atoms with van der Waals surface area (Å²) in [6.07, 6.45) is 1.38. The van der Waals surface area contributed by atoms with Crippen LogP contribution in [0.2, 0.25) is 0 Å². The van der Waals surface area contributed by atoms with Gasteiger partial charge in [0.1, 0.15) is 22.2 Å². The Kier molecular flexibility index (Phi) is 4.97. The van der Waals surface area contributed by atoms with Gasteiger partial charge in [-0.2, -0.15) is 4.31 Å². The van der Waals surface area contributed by atoms with Gasteiger partial charge in [-0.1, -0.05) is 12.1 Å². The highest BCUT2D eigenvalue weighted by atomic mass is 32.2. The third-order valence-electron chi connectivity index (χ3n) is 4.70. The molecule has 0 N–H and O–H groups in total. The summed E-state index contributed by atoms with van der Waals surface area (Å²) >= 11 is 0. The highest BCUT2D eigenvalue weighted by Gasteiger charge is 2.32. The van der Waals surface area contributed by atoms with E-state index in [0.717, 1.165) is 16.4 Å². The first-order valence-electron chi connectivity index (χ1n) is 8.82. The molecule has 0 atom stereocenters. The Morgan fingerprint density at radius 2 is 1.66 bits per heavy atom. The van der Waals surface area contributed by atoms with Gasteiger partial charge in [0.2, 0.25) is 10.0 Å². The number of fused-ring (bicyclic) bond motifs is 1. The topological polar surface area (TPSA) is 83.5 Å². The van der Waals surface area contributed by atoms with Crippen LogP contribution in [0.25, 0.3) is 11.0 Å². The maximum absolute atomic E-state index is 13.9. The second-order valence-corrected chi connectivity index (χ2v) is 8.42. The van der Waals surface area contributed by atoms with Crippen LogP contribution in [0.3, 0.4) is 0 Å². The molecular formula is C19H16F2N4O3S. The number of amides is 1. The van der Waals surface area contributed by atoms with E-state index in [1.165, 1.54) is 11.1 Å². The number of benzene rings is 2. The van der Waals surface area contributed by atoms with Gasteiger partial charge in [-0.25, -0.2) is 22.2 Å². The standard InChI is InChI=1S/C19H16F2N4O3S/c20-13-5-6-14(21)18(11-13)29(27,28)25-9-7-24(8-10-25)19(26)17-12-22-15-3-1-2-4-16(15)23-17/h1-6,11-12H,7-10H2. The minimum atomic E-state index is -4.21. The lowest BCUT2D eigenvalue weighted by atomic mass is 10.2. The highest BCUT2D eigenvalue weighted by molar-refractivity contribution is 7.89. The Bertz CT molecular complexity index is 1200. The van der Waals surface area contributed by atoms with Crippen LogP contribution in [-0.2, 0) is 10.0 Å². The summed E-state index contributed by atoms with van der Waals surface area (Å²) in [5.74, 6) is -2.22. The summed E-state index contributed by atoms with van der Waals surface area (Å²) in [6, 6.07) is 9.44. The maximum atomic E-state index is 13.9. The lowest BCUT2D eigenvalue weighted by Gasteiger charge is -2.33. The molecule has 1 aromatic heterocycles. The van der Waals surface area contributed by atoms with Crippen molar-refractivity contribution in [3.8, 4) is 0 Å². The third-order valence-corrected chi connectivity index (χ3v) is 6.62. The molecule has 7 nitrogen and oxygen atoms in total. The average Bonchev–Trinajstić information content (AvgIpc) is 2.74. The number of aromatic nitrogens is 2. The number of piperazine rings is 1. The first-order valence-corrected chi connectivity index (χ1v) is 10.3. The van der Waals surface area contributed by atoms with E-state index >= 15 is 0 Å². The van der Waals surface area contributed by atoms with E-state index in [2.05, 4.69) is 9.97 Å². The van der Waals surface area contributed by atoms with Crippen molar-refractivity contribution in [3.05, 3.63) is 66.0 Å². The molecule has 0 saturated carbocycles. The number of nitrogens with zero attached hydrogens (tertiary/aromatic N) is 4. The predicted molar refractivity (Wildman–Crippen MR) is 101 cm³/mol. The first kappa shape index (κ1) is 19.3.